The summed E-state index contributed by atoms with van der Waals surface area (Å²) in [6.07, 6.45) is 2.11. The molecule has 2 aromatic heterocycles. The van der Waals surface area contributed by atoms with E-state index in [1.54, 1.807) is 32.9 Å². The minimum Gasteiger partial charge on any atom is -0.482 e. The number of ether oxygens (including phenoxy) is 2. The van der Waals surface area contributed by atoms with Crippen molar-refractivity contribution in [3.63, 3.8) is 0 Å². The van der Waals surface area contributed by atoms with Crippen LogP contribution in [0.3, 0.4) is 0 Å². The highest BCUT2D eigenvalue weighted by molar-refractivity contribution is 6.13. The fraction of sp³-hybridized carbons (Fsp3) is 0.312. The Labute approximate surface area is 273 Å². The highest BCUT2D eigenvalue weighted by atomic mass is 35.5. The second-order valence-electron chi connectivity index (χ2n) is 11.9. The Hall–Kier alpha value is -5.08. The van der Waals surface area contributed by atoms with Gasteiger partial charge in [-0.05, 0) is 92.8 Å². The summed E-state index contributed by atoms with van der Waals surface area (Å²) < 4.78 is 25.6. The van der Waals surface area contributed by atoms with Crippen molar-refractivity contribution < 1.29 is 38.1 Å². The monoisotopic (exact) mass is 666 g/mol. The predicted molar refractivity (Wildman–Crippen MR) is 168 cm³/mol. The molecule has 1 aliphatic carbocycles. The first-order valence-corrected chi connectivity index (χ1v) is 15.0. The summed E-state index contributed by atoms with van der Waals surface area (Å²) in [7, 11) is 0. The zero-order valence-electron chi connectivity index (χ0n) is 25.9. The standard InChI is InChI=1S/C23H23FN4O5.C9H9ClN2O2/c1-11-12-7-8-16(14(12)6-5-13(11)22(32)33-23(2,3)4)27-20(29)18-9-17(21(30)31)26-19-15(24)10-25-28(18)19;10-11-4-6-1-2-8-7(3-6)12-9(13)5-14-8/h5-6,9-10,16H,7-8H2,1-4H3,(H,27,29)(H,30,31);1-3,11H,4-5H2,(H,12,13)/t16-;/m0./s1. The lowest BCUT2D eigenvalue weighted by atomic mass is 9.97. The normalized spacial score (nSPS) is 15.0. The number of fused-ring (bicyclic) bond motifs is 3. The van der Waals surface area contributed by atoms with Crippen LogP contribution in [0.25, 0.3) is 5.65 Å². The Morgan fingerprint density at radius 2 is 1.98 bits per heavy atom. The number of amides is 2. The summed E-state index contributed by atoms with van der Waals surface area (Å²) in [6.45, 7) is 7.88. The van der Waals surface area contributed by atoms with Crippen molar-refractivity contribution in [2.24, 2.45) is 0 Å². The van der Waals surface area contributed by atoms with Crippen molar-refractivity contribution in [1.29, 1.82) is 0 Å². The molecule has 47 heavy (non-hydrogen) atoms. The van der Waals surface area contributed by atoms with Crippen LogP contribution in [0.4, 0.5) is 10.1 Å². The van der Waals surface area contributed by atoms with E-state index in [0.717, 1.165) is 39.0 Å². The fourth-order valence-corrected chi connectivity index (χ4v) is 5.50. The molecule has 246 valence electrons. The first-order valence-electron chi connectivity index (χ1n) is 14.6. The fourth-order valence-electron chi connectivity index (χ4n) is 5.34. The molecule has 0 spiro atoms. The van der Waals surface area contributed by atoms with Gasteiger partial charge in [-0.15, -0.1) is 0 Å². The number of nitrogens with one attached hydrogen (secondary N) is 3. The van der Waals surface area contributed by atoms with Crippen molar-refractivity contribution in [2.75, 3.05) is 11.9 Å². The van der Waals surface area contributed by atoms with Gasteiger partial charge in [0.25, 0.3) is 11.8 Å². The van der Waals surface area contributed by atoms with E-state index in [1.807, 2.05) is 25.1 Å². The third-order valence-corrected chi connectivity index (χ3v) is 7.58. The Morgan fingerprint density at radius 1 is 1.21 bits per heavy atom. The molecule has 0 saturated heterocycles. The van der Waals surface area contributed by atoms with Crippen LogP contribution in [0.1, 0.15) is 86.8 Å². The number of nitrogens with zero attached hydrogens (tertiary/aromatic N) is 3. The maximum atomic E-state index is 14.0. The molecule has 4 N–H and O–H groups in total. The number of esters is 1. The summed E-state index contributed by atoms with van der Waals surface area (Å²) in [5.74, 6) is -2.67. The van der Waals surface area contributed by atoms with Crippen LogP contribution in [0.15, 0.2) is 42.6 Å². The van der Waals surface area contributed by atoms with Crippen LogP contribution >= 0.6 is 11.8 Å². The van der Waals surface area contributed by atoms with E-state index < -0.39 is 35.0 Å². The molecule has 1 atom stereocenters. The lowest BCUT2D eigenvalue weighted by Crippen LogP contribution is -2.29. The summed E-state index contributed by atoms with van der Waals surface area (Å²) in [5.41, 5.74) is 3.23. The molecular formula is C32H32ClFN6O7. The number of halogens is 2. The number of carboxylic acid groups (broad SMARTS) is 1. The number of aromatic carboxylic acids is 1. The van der Waals surface area contributed by atoms with E-state index in [1.165, 1.54) is 0 Å². The van der Waals surface area contributed by atoms with Gasteiger partial charge < -0.3 is 25.2 Å². The average molecular weight is 667 g/mol. The van der Waals surface area contributed by atoms with Gasteiger partial charge in [0, 0.05) is 12.6 Å². The number of aromatic nitrogens is 3. The van der Waals surface area contributed by atoms with Crippen molar-refractivity contribution in [2.45, 2.75) is 58.7 Å². The number of carbonyl (C=O) groups excluding carboxylic acids is 3. The largest absolute Gasteiger partial charge is 0.482 e. The van der Waals surface area contributed by atoms with Gasteiger partial charge in [-0.25, -0.2) is 28.3 Å². The minimum absolute atomic E-state index is 0.0834. The molecule has 1 aliphatic heterocycles. The molecule has 0 bridgehead atoms. The second-order valence-corrected chi connectivity index (χ2v) is 12.2. The van der Waals surface area contributed by atoms with Gasteiger partial charge in [-0.1, -0.05) is 12.1 Å². The molecule has 2 amide bonds. The Balaban J connectivity index is 0.000000257. The van der Waals surface area contributed by atoms with Gasteiger partial charge in [-0.3, -0.25) is 9.59 Å². The number of carbonyl (C=O) groups is 4. The van der Waals surface area contributed by atoms with Gasteiger partial charge in [0.05, 0.1) is 23.5 Å². The van der Waals surface area contributed by atoms with Crippen LogP contribution in [-0.2, 0) is 22.5 Å². The predicted octanol–water partition coefficient (Wildman–Crippen LogP) is 4.51. The molecule has 2 aliphatic rings. The molecule has 3 heterocycles. The Bertz CT molecular complexity index is 1910. The number of rotatable bonds is 6. The van der Waals surface area contributed by atoms with Crippen LogP contribution in [0.5, 0.6) is 5.75 Å². The molecule has 4 aromatic rings. The maximum Gasteiger partial charge on any atom is 0.354 e. The van der Waals surface area contributed by atoms with Crippen LogP contribution < -0.4 is 20.2 Å². The number of benzene rings is 2. The van der Waals surface area contributed by atoms with E-state index in [4.69, 9.17) is 21.3 Å². The number of anilines is 1. The topological polar surface area (TPSA) is 173 Å². The average Bonchev–Trinajstić information content (AvgIpc) is 3.59. The van der Waals surface area contributed by atoms with Gasteiger partial charge >= 0.3 is 11.9 Å². The summed E-state index contributed by atoms with van der Waals surface area (Å²) in [6, 6.07) is 9.71. The van der Waals surface area contributed by atoms with E-state index in [0.29, 0.717) is 36.4 Å². The molecule has 0 fully saturated rings. The molecule has 2 aromatic carbocycles. The summed E-state index contributed by atoms with van der Waals surface area (Å²) >= 11 is 5.38. The maximum absolute atomic E-state index is 14.0. The molecular weight excluding hydrogens is 635 g/mol. The van der Waals surface area contributed by atoms with Gasteiger partial charge in [0.15, 0.2) is 23.8 Å². The van der Waals surface area contributed by atoms with Crippen LogP contribution in [0, 0.1) is 12.7 Å². The SMILES string of the molecule is Cc1c(C(=O)OC(C)(C)C)ccc2c1CC[C@@H]2NC(=O)c1cc(C(=O)O)nc2c(F)cnn12.O=C1COc2ccc(CNCl)cc2N1. The van der Waals surface area contributed by atoms with Gasteiger partial charge in [-0.2, -0.15) is 5.10 Å². The van der Waals surface area contributed by atoms with Crippen molar-refractivity contribution in [3.8, 4) is 5.75 Å². The third kappa shape index (κ3) is 7.34. The lowest BCUT2D eigenvalue weighted by Gasteiger charge is -2.21. The van der Waals surface area contributed by atoms with E-state index >= 15 is 0 Å². The molecule has 6 rings (SSSR count). The minimum atomic E-state index is -1.39. The summed E-state index contributed by atoms with van der Waals surface area (Å²) in [4.78, 5) is 54.2. The first kappa shape index (κ1) is 33.3. The highest BCUT2D eigenvalue weighted by Gasteiger charge is 2.30. The Morgan fingerprint density at radius 3 is 2.68 bits per heavy atom. The van der Waals surface area contributed by atoms with Gasteiger partial charge in [0.1, 0.15) is 17.0 Å². The molecule has 0 unspecified atom stereocenters. The number of hydrogen-bond donors (Lipinski definition) is 4. The van der Waals surface area contributed by atoms with E-state index in [2.05, 4.69) is 25.6 Å². The van der Waals surface area contributed by atoms with Crippen molar-refractivity contribution >= 4 is 46.9 Å². The molecule has 13 nitrogen and oxygen atoms in total. The van der Waals surface area contributed by atoms with Crippen molar-refractivity contribution in [3.05, 3.63) is 87.6 Å². The molecule has 0 radical (unpaired) electrons. The zero-order valence-corrected chi connectivity index (χ0v) is 26.7. The number of carboxylic acids is 1. The molecule has 15 heteroatoms. The van der Waals surface area contributed by atoms with Gasteiger partial charge in [0.2, 0.25) is 0 Å². The second kappa shape index (κ2) is 13.3. The zero-order chi connectivity index (χ0) is 34.0. The Kier molecular flexibility index (Phi) is 9.45. The summed E-state index contributed by atoms with van der Waals surface area (Å²) in [5, 5.41) is 18.7. The molecule has 0 saturated carbocycles. The smallest absolute Gasteiger partial charge is 0.354 e. The van der Waals surface area contributed by atoms with E-state index in [9.17, 15) is 28.7 Å². The quantitative estimate of drug-likeness (QED) is 0.169. The van der Waals surface area contributed by atoms with Crippen LogP contribution in [0.2, 0.25) is 0 Å². The van der Waals surface area contributed by atoms with Crippen LogP contribution in [-0.4, -0.2) is 55.7 Å². The third-order valence-electron chi connectivity index (χ3n) is 7.45. The highest BCUT2D eigenvalue weighted by Crippen LogP contribution is 2.35. The van der Waals surface area contributed by atoms with Crippen molar-refractivity contribution in [1.82, 2.24) is 24.8 Å². The van der Waals surface area contributed by atoms with E-state index in [-0.39, 0.29) is 29.9 Å². The lowest BCUT2D eigenvalue weighted by molar-refractivity contribution is -0.118. The first-order chi connectivity index (χ1) is 22.3. The number of hydrogen-bond acceptors (Lipinski definition) is 9.